The van der Waals surface area contributed by atoms with Crippen LogP contribution in [0.15, 0.2) is 60.0 Å². The third kappa shape index (κ3) is 7.05. The fraction of sp³-hybridized carbons (Fsp3) is 0.379. The topological polar surface area (TPSA) is 61.9 Å². The average molecular weight is 540 g/mol. The lowest BCUT2D eigenvalue weighted by atomic mass is 10.00. The van der Waals surface area contributed by atoms with Gasteiger partial charge in [0.1, 0.15) is 18.9 Å². The fourth-order valence-electron chi connectivity index (χ4n) is 4.45. The van der Waals surface area contributed by atoms with Gasteiger partial charge in [0, 0.05) is 28.7 Å². The molecule has 1 aromatic heterocycles. The molecule has 2 heterocycles. The van der Waals surface area contributed by atoms with Gasteiger partial charge in [0.05, 0.1) is 6.04 Å². The molecule has 1 N–H and O–H groups in total. The van der Waals surface area contributed by atoms with Gasteiger partial charge in [-0.2, -0.15) is 0 Å². The van der Waals surface area contributed by atoms with Crippen molar-refractivity contribution < 1.29 is 14.3 Å². The lowest BCUT2D eigenvalue weighted by molar-refractivity contribution is -0.135. The summed E-state index contributed by atoms with van der Waals surface area (Å²) < 4.78 is 6.21. The number of carbonyl (C=O) groups excluding carboxylic acids is 2. The Balaban J connectivity index is 1.50. The highest BCUT2D eigenvalue weighted by molar-refractivity contribution is 7.10. The third-order valence-electron chi connectivity index (χ3n) is 6.57. The number of carbonyl (C=O) groups is 2. The summed E-state index contributed by atoms with van der Waals surface area (Å²) in [5, 5.41) is 5.52. The molecular formula is C29H34ClN3O3S. The van der Waals surface area contributed by atoms with Crippen LogP contribution in [0.3, 0.4) is 0 Å². The highest BCUT2D eigenvalue weighted by atomic mass is 35.5. The van der Waals surface area contributed by atoms with Crippen LogP contribution in [0.4, 0.5) is 10.5 Å². The Morgan fingerprint density at radius 2 is 2.00 bits per heavy atom. The normalized spacial score (nSPS) is 14.8. The van der Waals surface area contributed by atoms with Gasteiger partial charge in [-0.05, 0) is 72.5 Å². The number of nitrogens with one attached hydrogen (secondary N) is 1. The summed E-state index contributed by atoms with van der Waals surface area (Å²) in [6, 6.07) is 16.5. The number of hydrogen-bond donors (Lipinski definition) is 1. The minimum absolute atomic E-state index is 0.000541. The zero-order chi connectivity index (χ0) is 26.4. The molecule has 2 aromatic carbocycles. The minimum atomic E-state index is -0.308. The number of halogens is 1. The number of aryl methyl sites for hydroxylation is 1. The van der Waals surface area contributed by atoms with E-state index in [0.717, 1.165) is 29.7 Å². The maximum Gasteiger partial charge on any atom is 0.322 e. The molecule has 0 saturated heterocycles. The molecule has 37 heavy (non-hydrogen) atoms. The number of ether oxygens (including phenoxy) is 1. The molecule has 1 aliphatic heterocycles. The van der Waals surface area contributed by atoms with Crippen LogP contribution in [0, 0.1) is 12.8 Å². The smallest absolute Gasteiger partial charge is 0.322 e. The SMILES string of the molecule is Cc1ccccc1OC[C@@H]1c2ccsc2CCN1C(=O)CN(CCC(C)C)C(=O)Nc1cccc(Cl)c1. The number of urea groups is 1. The number of fused-ring (bicyclic) bond motifs is 1. The largest absolute Gasteiger partial charge is 0.491 e. The Morgan fingerprint density at radius 3 is 2.76 bits per heavy atom. The molecule has 1 atom stereocenters. The van der Waals surface area contributed by atoms with Crippen LogP contribution >= 0.6 is 22.9 Å². The number of rotatable bonds is 9. The zero-order valence-electron chi connectivity index (χ0n) is 21.6. The molecule has 196 valence electrons. The van der Waals surface area contributed by atoms with Gasteiger partial charge < -0.3 is 19.9 Å². The van der Waals surface area contributed by atoms with E-state index in [0.29, 0.717) is 36.3 Å². The Kier molecular flexibility index (Phi) is 9.11. The van der Waals surface area contributed by atoms with E-state index in [9.17, 15) is 9.59 Å². The number of anilines is 1. The number of hydrogen-bond acceptors (Lipinski definition) is 4. The molecule has 4 rings (SSSR count). The highest BCUT2D eigenvalue weighted by Gasteiger charge is 2.33. The number of benzene rings is 2. The summed E-state index contributed by atoms with van der Waals surface area (Å²) in [6.07, 6.45) is 1.60. The molecule has 1 aliphatic rings. The summed E-state index contributed by atoms with van der Waals surface area (Å²) in [4.78, 5) is 31.7. The van der Waals surface area contributed by atoms with Crippen LogP contribution in [-0.2, 0) is 11.2 Å². The van der Waals surface area contributed by atoms with Crippen molar-refractivity contribution in [2.24, 2.45) is 5.92 Å². The van der Waals surface area contributed by atoms with Crippen molar-refractivity contribution in [1.82, 2.24) is 9.80 Å². The molecular weight excluding hydrogens is 506 g/mol. The molecule has 0 fully saturated rings. The predicted molar refractivity (Wildman–Crippen MR) is 151 cm³/mol. The first-order valence-corrected chi connectivity index (χ1v) is 13.9. The summed E-state index contributed by atoms with van der Waals surface area (Å²) >= 11 is 7.81. The molecule has 6 nitrogen and oxygen atoms in total. The van der Waals surface area contributed by atoms with Gasteiger partial charge in [0.2, 0.25) is 5.91 Å². The van der Waals surface area contributed by atoms with E-state index < -0.39 is 0 Å². The Labute approximate surface area is 228 Å². The van der Waals surface area contributed by atoms with E-state index in [-0.39, 0.29) is 24.5 Å². The van der Waals surface area contributed by atoms with Crippen LogP contribution in [0.5, 0.6) is 5.75 Å². The number of para-hydroxylation sites is 1. The standard InChI is InChI=1S/C29H34ClN3O3S/c1-20(2)11-14-32(29(35)31-23-9-6-8-22(30)17-23)18-28(34)33-15-12-27-24(13-16-37-27)25(33)19-36-26-10-5-4-7-21(26)3/h4-10,13,16-17,20,25H,11-12,14-15,18-19H2,1-3H3,(H,31,35)/t25-/m1/s1. The first-order valence-electron chi connectivity index (χ1n) is 12.7. The predicted octanol–water partition coefficient (Wildman–Crippen LogP) is 6.79. The van der Waals surface area contributed by atoms with Crippen molar-refractivity contribution in [2.75, 3.05) is 31.6 Å². The van der Waals surface area contributed by atoms with Gasteiger partial charge in [-0.15, -0.1) is 11.3 Å². The Morgan fingerprint density at radius 1 is 1.19 bits per heavy atom. The van der Waals surface area contributed by atoms with Crippen molar-refractivity contribution in [3.05, 3.63) is 81.0 Å². The van der Waals surface area contributed by atoms with Gasteiger partial charge in [0.25, 0.3) is 0 Å². The molecule has 0 spiro atoms. The molecule has 8 heteroatoms. The van der Waals surface area contributed by atoms with E-state index in [4.69, 9.17) is 16.3 Å². The summed E-state index contributed by atoms with van der Waals surface area (Å²) in [5.41, 5.74) is 2.79. The minimum Gasteiger partial charge on any atom is -0.491 e. The van der Waals surface area contributed by atoms with Crippen molar-refractivity contribution in [3.63, 3.8) is 0 Å². The summed E-state index contributed by atoms with van der Waals surface area (Å²) in [6.45, 7) is 7.67. The van der Waals surface area contributed by atoms with Crippen LogP contribution in [-0.4, -0.2) is 48.0 Å². The van der Waals surface area contributed by atoms with Crippen LogP contribution in [0.2, 0.25) is 5.02 Å². The van der Waals surface area contributed by atoms with E-state index in [1.807, 2.05) is 36.1 Å². The van der Waals surface area contributed by atoms with E-state index >= 15 is 0 Å². The quantitative estimate of drug-likeness (QED) is 0.325. The van der Waals surface area contributed by atoms with Gasteiger partial charge in [-0.3, -0.25) is 4.79 Å². The summed E-state index contributed by atoms with van der Waals surface area (Å²) in [5.74, 6) is 1.13. The van der Waals surface area contributed by atoms with Gasteiger partial charge in [0.15, 0.2) is 0 Å². The Bertz CT molecular complexity index is 1230. The Hall–Kier alpha value is -3.03. The van der Waals surface area contributed by atoms with Gasteiger partial charge in [-0.25, -0.2) is 4.79 Å². The zero-order valence-corrected chi connectivity index (χ0v) is 23.1. The first-order chi connectivity index (χ1) is 17.8. The molecule has 3 amide bonds. The average Bonchev–Trinajstić information content (AvgIpc) is 3.35. The maximum absolute atomic E-state index is 13.7. The summed E-state index contributed by atoms with van der Waals surface area (Å²) in [7, 11) is 0. The van der Waals surface area contributed by atoms with Crippen molar-refractivity contribution in [2.45, 2.75) is 39.7 Å². The van der Waals surface area contributed by atoms with Crippen LogP contribution in [0.25, 0.3) is 0 Å². The lowest BCUT2D eigenvalue weighted by Gasteiger charge is -2.37. The third-order valence-corrected chi connectivity index (χ3v) is 7.80. The van der Waals surface area contributed by atoms with E-state index in [2.05, 4.69) is 30.6 Å². The van der Waals surface area contributed by atoms with Gasteiger partial charge >= 0.3 is 6.03 Å². The second kappa shape index (κ2) is 12.5. The number of nitrogens with zero attached hydrogens (tertiary/aromatic N) is 2. The van der Waals surface area contributed by atoms with E-state index in [1.54, 1.807) is 40.5 Å². The van der Waals surface area contributed by atoms with Crippen molar-refractivity contribution in [3.8, 4) is 5.75 Å². The number of thiophene rings is 1. The van der Waals surface area contributed by atoms with Crippen LogP contribution < -0.4 is 10.1 Å². The van der Waals surface area contributed by atoms with E-state index in [1.165, 1.54) is 4.88 Å². The van der Waals surface area contributed by atoms with Crippen molar-refractivity contribution in [1.29, 1.82) is 0 Å². The monoisotopic (exact) mass is 539 g/mol. The second-order valence-corrected chi connectivity index (χ2v) is 11.2. The maximum atomic E-state index is 13.7. The molecule has 0 saturated carbocycles. The van der Waals surface area contributed by atoms with Crippen LogP contribution in [0.1, 0.15) is 42.3 Å². The fourth-order valence-corrected chi connectivity index (χ4v) is 5.57. The second-order valence-electron chi connectivity index (χ2n) is 9.77. The first kappa shape index (κ1) is 27.0. The molecule has 0 radical (unpaired) electrons. The lowest BCUT2D eigenvalue weighted by Crippen LogP contribution is -2.49. The highest BCUT2D eigenvalue weighted by Crippen LogP contribution is 2.34. The molecule has 0 bridgehead atoms. The number of amides is 3. The van der Waals surface area contributed by atoms with Crippen molar-refractivity contribution >= 4 is 40.6 Å². The molecule has 0 aliphatic carbocycles. The molecule has 0 unspecified atom stereocenters. The molecule has 3 aromatic rings. The van der Waals surface area contributed by atoms with Gasteiger partial charge in [-0.1, -0.05) is 49.7 Å².